The van der Waals surface area contributed by atoms with Crippen molar-refractivity contribution in [2.24, 2.45) is 5.73 Å². The molecule has 0 aliphatic carbocycles. The third-order valence-electron chi connectivity index (χ3n) is 5.15. The average Bonchev–Trinajstić information content (AvgIpc) is 2.71. The summed E-state index contributed by atoms with van der Waals surface area (Å²) in [5.74, 6) is -1.20. The van der Waals surface area contributed by atoms with Gasteiger partial charge in [-0.3, -0.25) is 4.79 Å². The van der Waals surface area contributed by atoms with E-state index >= 15 is 0 Å². The molecule has 7 heteroatoms. The monoisotopic (exact) mass is 413 g/mol. The molecule has 4 rings (SSSR count). The fourth-order valence-corrected chi connectivity index (χ4v) is 3.64. The van der Waals surface area contributed by atoms with E-state index in [1.165, 1.54) is 18.2 Å². The Labute approximate surface area is 171 Å². The van der Waals surface area contributed by atoms with E-state index in [0.29, 0.717) is 33.6 Å². The van der Waals surface area contributed by atoms with Crippen LogP contribution < -0.4 is 15.2 Å². The van der Waals surface area contributed by atoms with Crippen LogP contribution in [-0.4, -0.2) is 12.5 Å². The highest BCUT2D eigenvalue weighted by atomic mass is 19.3. The van der Waals surface area contributed by atoms with Gasteiger partial charge in [-0.1, -0.05) is 36.4 Å². The van der Waals surface area contributed by atoms with Crippen molar-refractivity contribution >= 4 is 5.91 Å². The van der Waals surface area contributed by atoms with Crippen molar-refractivity contribution < 1.29 is 27.4 Å². The fraction of sp³-hybridized carbons (Fsp3) is 0.174. The number of carbonyl (C=O) groups excluding carboxylic acids is 1. The molecule has 2 atom stereocenters. The van der Waals surface area contributed by atoms with Crippen LogP contribution in [0, 0.1) is 5.82 Å². The molecule has 0 spiro atoms. The normalized spacial score (nSPS) is 15.7. The number of nitrogens with two attached hydrogens (primary N) is 1. The molecule has 2 N–H and O–H groups in total. The minimum atomic E-state index is -3.00. The minimum absolute atomic E-state index is 0.0304. The van der Waals surface area contributed by atoms with Crippen LogP contribution in [0.3, 0.4) is 0 Å². The van der Waals surface area contributed by atoms with Crippen LogP contribution in [0.5, 0.6) is 11.5 Å². The summed E-state index contributed by atoms with van der Waals surface area (Å²) in [5.41, 5.74) is 8.20. The molecule has 4 nitrogen and oxygen atoms in total. The van der Waals surface area contributed by atoms with Crippen LogP contribution in [0.25, 0.3) is 11.1 Å². The summed E-state index contributed by atoms with van der Waals surface area (Å²) >= 11 is 0. The number of benzene rings is 3. The Bertz CT molecular complexity index is 1120. The summed E-state index contributed by atoms with van der Waals surface area (Å²) in [6, 6.07) is 15.7. The molecule has 3 aromatic carbocycles. The third kappa shape index (κ3) is 3.58. The van der Waals surface area contributed by atoms with Crippen molar-refractivity contribution in [1.29, 1.82) is 0 Å². The highest BCUT2D eigenvalue weighted by molar-refractivity contribution is 5.84. The molecule has 1 aliphatic heterocycles. The first-order chi connectivity index (χ1) is 14.3. The Hall–Kier alpha value is -3.48. The third-order valence-corrected chi connectivity index (χ3v) is 5.15. The predicted molar refractivity (Wildman–Crippen MR) is 105 cm³/mol. The first-order valence-electron chi connectivity index (χ1n) is 9.28. The zero-order chi connectivity index (χ0) is 21.4. The van der Waals surface area contributed by atoms with Gasteiger partial charge in [0.25, 0.3) is 0 Å². The minimum Gasteiger partial charge on any atom is -0.480 e. The van der Waals surface area contributed by atoms with Gasteiger partial charge in [0.1, 0.15) is 23.4 Å². The van der Waals surface area contributed by atoms with E-state index in [2.05, 4.69) is 0 Å². The number of hydrogen-bond acceptors (Lipinski definition) is 3. The van der Waals surface area contributed by atoms with E-state index in [1.807, 2.05) is 0 Å². The quantitative estimate of drug-likeness (QED) is 0.628. The zero-order valence-corrected chi connectivity index (χ0v) is 15.9. The number of carbonyl (C=O) groups is 1. The molecule has 0 saturated heterocycles. The number of halogens is 3. The molecule has 1 amide bonds. The van der Waals surface area contributed by atoms with E-state index < -0.39 is 30.4 Å². The van der Waals surface area contributed by atoms with Crippen molar-refractivity contribution in [3.63, 3.8) is 0 Å². The number of primary amides is 1. The molecule has 1 heterocycles. The molecule has 0 fully saturated rings. The second-order valence-corrected chi connectivity index (χ2v) is 7.03. The molecule has 1 aliphatic rings. The van der Waals surface area contributed by atoms with Gasteiger partial charge in [-0.05, 0) is 47.9 Å². The Morgan fingerprint density at radius 3 is 2.57 bits per heavy atom. The molecule has 0 bridgehead atoms. The molecule has 30 heavy (non-hydrogen) atoms. The maximum absolute atomic E-state index is 13.9. The Kier molecular flexibility index (Phi) is 5.11. The average molecular weight is 413 g/mol. The van der Waals surface area contributed by atoms with Crippen molar-refractivity contribution in [2.75, 3.05) is 0 Å². The maximum Gasteiger partial charge on any atom is 0.387 e. The van der Waals surface area contributed by atoms with Gasteiger partial charge < -0.3 is 15.2 Å². The second kappa shape index (κ2) is 7.74. The van der Waals surface area contributed by atoms with Gasteiger partial charge in [-0.15, -0.1) is 0 Å². The summed E-state index contributed by atoms with van der Waals surface area (Å²) < 4.78 is 50.6. The molecule has 154 valence electrons. The van der Waals surface area contributed by atoms with E-state index in [0.717, 1.165) is 0 Å². The van der Waals surface area contributed by atoms with Crippen LogP contribution in [0.1, 0.15) is 35.6 Å². The van der Waals surface area contributed by atoms with Gasteiger partial charge >= 0.3 is 6.61 Å². The van der Waals surface area contributed by atoms with Crippen LogP contribution in [0.4, 0.5) is 13.2 Å². The summed E-state index contributed by atoms with van der Waals surface area (Å²) in [4.78, 5) is 11.7. The smallest absolute Gasteiger partial charge is 0.387 e. The summed E-state index contributed by atoms with van der Waals surface area (Å²) in [7, 11) is 0. The Morgan fingerprint density at radius 1 is 1.10 bits per heavy atom. The Balaban J connectivity index is 1.93. The van der Waals surface area contributed by atoms with Gasteiger partial charge in [-0.2, -0.15) is 8.78 Å². The molecule has 0 saturated carbocycles. The number of rotatable bonds is 5. The number of amides is 1. The summed E-state index contributed by atoms with van der Waals surface area (Å²) in [5, 5.41) is 0. The first kappa shape index (κ1) is 19.8. The number of fused-ring (bicyclic) bond motifs is 3. The number of alkyl halides is 2. The highest BCUT2D eigenvalue weighted by Gasteiger charge is 2.31. The van der Waals surface area contributed by atoms with E-state index in [9.17, 15) is 18.0 Å². The molecule has 3 aromatic rings. The predicted octanol–water partition coefficient (Wildman–Crippen LogP) is 5.16. The van der Waals surface area contributed by atoms with Crippen molar-refractivity contribution in [2.45, 2.75) is 25.6 Å². The first-order valence-corrected chi connectivity index (χ1v) is 9.28. The molecule has 2 unspecified atom stereocenters. The fourth-order valence-electron chi connectivity index (χ4n) is 3.64. The lowest BCUT2D eigenvalue weighted by Gasteiger charge is -2.31. The largest absolute Gasteiger partial charge is 0.480 e. The van der Waals surface area contributed by atoms with Crippen LogP contribution in [-0.2, 0) is 4.79 Å². The van der Waals surface area contributed by atoms with Gasteiger partial charge in [0, 0.05) is 5.56 Å². The van der Waals surface area contributed by atoms with Crippen molar-refractivity contribution in [3.05, 3.63) is 83.2 Å². The zero-order valence-electron chi connectivity index (χ0n) is 15.9. The summed E-state index contributed by atoms with van der Waals surface area (Å²) in [6.45, 7) is -1.33. The molecular weight excluding hydrogens is 395 g/mol. The standard InChI is InChI=1S/C23H18F3NO3/c1-12(22(27)28)13-8-9-16-17(11-13)21(14-4-2-5-15(24)10-14)29-18-6-3-7-19(20(16)18)30-23(25)26/h2-12,21,23H,1H3,(H2,27,28). The lowest BCUT2D eigenvalue weighted by atomic mass is 9.86. The van der Waals surface area contributed by atoms with Gasteiger partial charge in [0.15, 0.2) is 0 Å². The SMILES string of the molecule is CC(C(N)=O)c1ccc2c(c1)C(c1cccc(F)c1)Oc1cccc(OC(F)F)c1-2. The lowest BCUT2D eigenvalue weighted by molar-refractivity contribution is -0.119. The van der Waals surface area contributed by atoms with E-state index in [-0.39, 0.29) is 5.75 Å². The molecule has 0 radical (unpaired) electrons. The second-order valence-electron chi connectivity index (χ2n) is 7.03. The van der Waals surface area contributed by atoms with E-state index in [1.54, 1.807) is 49.4 Å². The van der Waals surface area contributed by atoms with Gasteiger partial charge in [-0.25, -0.2) is 4.39 Å². The van der Waals surface area contributed by atoms with Crippen LogP contribution in [0.15, 0.2) is 60.7 Å². The van der Waals surface area contributed by atoms with Gasteiger partial charge in [0.05, 0.1) is 11.5 Å². The molecule has 0 aromatic heterocycles. The maximum atomic E-state index is 13.9. The van der Waals surface area contributed by atoms with Gasteiger partial charge in [0.2, 0.25) is 5.91 Å². The highest BCUT2D eigenvalue weighted by Crippen LogP contribution is 2.49. The number of hydrogen-bond donors (Lipinski definition) is 1. The lowest BCUT2D eigenvalue weighted by Crippen LogP contribution is -2.21. The topological polar surface area (TPSA) is 61.6 Å². The van der Waals surface area contributed by atoms with E-state index in [4.69, 9.17) is 15.2 Å². The van der Waals surface area contributed by atoms with Crippen LogP contribution >= 0.6 is 0 Å². The summed E-state index contributed by atoms with van der Waals surface area (Å²) in [6.07, 6.45) is -0.704. The van der Waals surface area contributed by atoms with Crippen molar-refractivity contribution in [3.8, 4) is 22.6 Å². The Morgan fingerprint density at radius 2 is 1.87 bits per heavy atom. The van der Waals surface area contributed by atoms with Crippen LogP contribution in [0.2, 0.25) is 0 Å². The number of ether oxygens (including phenoxy) is 2. The molecular formula is C23H18F3NO3. The van der Waals surface area contributed by atoms with Crippen molar-refractivity contribution in [1.82, 2.24) is 0 Å².